The highest BCUT2D eigenvalue weighted by Crippen LogP contribution is 2.33. The van der Waals surface area contributed by atoms with E-state index < -0.39 is 0 Å². The van der Waals surface area contributed by atoms with Gasteiger partial charge in [0.05, 0.1) is 7.11 Å². The highest BCUT2D eigenvalue weighted by Gasteiger charge is 2.33. The van der Waals surface area contributed by atoms with E-state index >= 15 is 0 Å². The minimum absolute atomic E-state index is 0.371. The molecule has 1 aliphatic rings. The summed E-state index contributed by atoms with van der Waals surface area (Å²) in [7, 11) is 1.38. The fourth-order valence-corrected chi connectivity index (χ4v) is 2.12. The fourth-order valence-electron chi connectivity index (χ4n) is 2.12. The van der Waals surface area contributed by atoms with Crippen LogP contribution in [0.5, 0.6) is 0 Å². The second-order valence-corrected chi connectivity index (χ2v) is 5.42. The Labute approximate surface area is 114 Å². The van der Waals surface area contributed by atoms with Gasteiger partial charge in [-0.05, 0) is 25.7 Å². The third-order valence-electron chi connectivity index (χ3n) is 3.12. The molecule has 0 spiro atoms. The van der Waals surface area contributed by atoms with Crippen LogP contribution in [0.25, 0.3) is 0 Å². The largest absolute Gasteiger partial charge is 0.465 e. The summed E-state index contributed by atoms with van der Waals surface area (Å²) in [6.07, 6.45) is 3.89. The van der Waals surface area contributed by atoms with Crippen molar-refractivity contribution >= 4 is 11.8 Å². The van der Waals surface area contributed by atoms with Crippen molar-refractivity contribution in [1.82, 2.24) is 9.97 Å². The Kier molecular flexibility index (Phi) is 4.02. The summed E-state index contributed by atoms with van der Waals surface area (Å²) in [5, 5.41) is 0. The summed E-state index contributed by atoms with van der Waals surface area (Å²) in [5.74, 6) is 1.54. The molecule has 2 rings (SSSR count). The van der Waals surface area contributed by atoms with Gasteiger partial charge in [0.25, 0.3) is 0 Å². The number of aryl methyl sites for hydroxylation is 1. The standard InChI is InChI=1S/C14H21N3O2/c1-9(2)8-17(11-5-6-11)13-12(14(18)19-4)7-15-10(3)16-13/h7,9,11H,5-6,8H2,1-4H3. The van der Waals surface area contributed by atoms with Crippen LogP contribution in [0.4, 0.5) is 5.82 Å². The van der Waals surface area contributed by atoms with Gasteiger partial charge in [0.1, 0.15) is 17.2 Å². The summed E-state index contributed by atoms with van der Waals surface area (Å²) in [6.45, 7) is 7.07. The Morgan fingerprint density at radius 2 is 2.21 bits per heavy atom. The lowest BCUT2D eigenvalue weighted by Gasteiger charge is -2.27. The molecule has 0 bridgehead atoms. The van der Waals surface area contributed by atoms with Crippen LogP contribution >= 0.6 is 0 Å². The smallest absolute Gasteiger partial charge is 0.343 e. The number of nitrogens with zero attached hydrogens (tertiary/aromatic N) is 3. The van der Waals surface area contributed by atoms with Crippen molar-refractivity contribution in [2.45, 2.75) is 39.7 Å². The van der Waals surface area contributed by atoms with Gasteiger partial charge in [-0.3, -0.25) is 0 Å². The molecular weight excluding hydrogens is 242 g/mol. The second-order valence-electron chi connectivity index (χ2n) is 5.42. The fraction of sp³-hybridized carbons (Fsp3) is 0.643. The maximum Gasteiger partial charge on any atom is 0.343 e. The number of carbonyl (C=O) groups excluding carboxylic acids is 1. The first-order valence-corrected chi connectivity index (χ1v) is 6.71. The van der Waals surface area contributed by atoms with Gasteiger partial charge in [0, 0.05) is 18.8 Å². The highest BCUT2D eigenvalue weighted by molar-refractivity contribution is 5.94. The Balaban J connectivity index is 2.38. The van der Waals surface area contributed by atoms with E-state index in [4.69, 9.17) is 4.74 Å². The molecule has 0 saturated heterocycles. The maximum absolute atomic E-state index is 11.8. The molecular formula is C14H21N3O2. The first-order valence-electron chi connectivity index (χ1n) is 6.71. The number of methoxy groups -OCH3 is 1. The molecule has 1 saturated carbocycles. The molecule has 0 amide bonds. The average molecular weight is 263 g/mol. The zero-order valence-electron chi connectivity index (χ0n) is 12.0. The third kappa shape index (κ3) is 3.22. The number of hydrogen-bond donors (Lipinski definition) is 0. The van der Waals surface area contributed by atoms with Crippen LogP contribution in [-0.2, 0) is 4.74 Å². The number of esters is 1. The van der Waals surface area contributed by atoms with Gasteiger partial charge in [-0.1, -0.05) is 13.8 Å². The molecule has 0 aromatic carbocycles. The molecule has 104 valence electrons. The molecule has 0 N–H and O–H groups in total. The third-order valence-corrected chi connectivity index (χ3v) is 3.12. The van der Waals surface area contributed by atoms with Crippen molar-refractivity contribution in [3.05, 3.63) is 17.6 Å². The quantitative estimate of drug-likeness (QED) is 0.762. The van der Waals surface area contributed by atoms with E-state index in [1.165, 1.54) is 7.11 Å². The van der Waals surface area contributed by atoms with Crippen molar-refractivity contribution < 1.29 is 9.53 Å². The molecule has 0 unspecified atom stereocenters. The van der Waals surface area contributed by atoms with Crippen LogP contribution in [0.15, 0.2) is 6.20 Å². The van der Waals surface area contributed by atoms with E-state index in [-0.39, 0.29) is 5.97 Å². The van der Waals surface area contributed by atoms with Gasteiger partial charge in [0.15, 0.2) is 0 Å². The Morgan fingerprint density at radius 3 is 2.74 bits per heavy atom. The molecule has 1 aliphatic carbocycles. The molecule has 1 fully saturated rings. The Bertz CT molecular complexity index is 470. The SMILES string of the molecule is COC(=O)c1cnc(C)nc1N(CC(C)C)C1CC1. The van der Waals surface area contributed by atoms with Gasteiger partial charge in [-0.25, -0.2) is 14.8 Å². The number of ether oxygens (including phenoxy) is 1. The molecule has 1 aromatic heterocycles. The summed E-state index contributed by atoms with van der Waals surface area (Å²) in [6, 6.07) is 0.500. The topological polar surface area (TPSA) is 55.3 Å². The average Bonchev–Trinajstić information content (AvgIpc) is 3.19. The summed E-state index contributed by atoms with van der Waals surface area (Å²) < 4.78 is 4.83. The normalized spacial score (nSPS) is 14.6. The molecule has 1 aromatic rings. The van der Waals surface area contributed by atoms with Crippen LogP contribution in [0.1, 0.15) is 42.9 Å². The van der Waals surface area contributed by atoms with Gasteiger partial charge < -0.3 is 9.64 Å². The number of rotatable bonds is 5. The molecule has 5 nitrogen and oxygen atoms in total. The number of carbonyl (C=O) groups is 1. The lowest BCUT2D eigenvalue weighted by atomic mass is 10.2. The van der Waals surface area contributed by atoms with Crippen molar-refractivity contribution in [1.29, 1.82) is 0 Å². The monoisotopic (exact) mass is 263 g/mol. The van der Waals surface area contributed by atoms with Crippen molar-refractivity contribution in [3.8, 4) is 0 Å². The van der Waals surface area contributed by atoms with E-state index in [0.29, 0.717) is 23.3 Å². The van der Waals surface area contributed by atoms with Gasteiger partial charge >= 0.3 is 5.97 Å². The van der Waals surface area contributed by atoms with Crippen LogP contribution in [0, 0.1) is 12.8 Å². The van der Waals surface area contributed by atoms with Crippen LogP contribution in [-0.4, -0.2) is 35.6 Å². The summed E-state index contributed by atoms with van der Waals surface area (Å²) >= 11 is 0. The van der Waals surface area contributed by atoms with E-state index in [9.17, 15) is 4.79 Å². The lowest BCUT2D eigenvalue weighted by Crippen LogP contribution is -2.32. The number of aromatic nitrogens is 2. The summed E-state index contributed by atoms with van der Waals surface area (Å²) in [5.41, 5.74) is 0.459. The van der Waals surface area contributed by atoms with Crippen molar-refractivity contribution in [2.75, 3.05) is 18.6 Å². The molecule has 0 radical (unpaired) electrons. The van der Waals surface area contributed by atoms with E-state index in [0.717, 1.165) is 25.2 Å². The zero-order chi connectivity index (χ0) is 14.0. The summed E-state index contributed by atoms with van der Waals surface area (Å²) in [4.78, 5) is 22.7. The molecule has 0 atom stereocenters. The van der Waals surface area contributed by atoms with E-state index in [1.54, 1.807) is 6.20 Å². The number of hydrogen-bond acceptors (Lipinski definition) is 5. The van der Waals surface area contributed by atoms with Crippen LogP contribution in [0.3, 0.4) is 0 Å². The predicted octanol–water partition coefficient (Wildman–Crippen LogP) is 2.20. The molecule has 19 heavy (non-hydrogen) atoms. The number of anilines is 1. The first kappa shape index (κ1) is 13.8. The van der Waals surface area contributed by atoms with E-state index in [2.05, 4.69) is 28.7 Å². The van der Waals surface area contributed by atoms with E-state index in [1.807, 2.05) is 6.92 Å². The maximum atomic E-state index is 11.8. The minimum Gasteiger partial charge on any atom is -0.465 e. The lowest BCUT2D eigenvalue weighted by molar-refractivity contribution is 0.0600. The molecule has 0 aliphatic heterocycles. The molecule has 5 heteroatoms. The van der Waals surface area contributed by atoms with Crippen molar-refractivity contribution in [2.24, 2.45) is 5.92 Å². The predicted molar refractivity (Wildman–Crippen MR) is 73.3 cm³/mol. The zero-order valence-corrected chi connectivity index (χ0v) is 12.0. The van der Waals surface area contributed by atoms with Gasteiger partial charge in [-0.15, -0.1) is 0 Å². The van der Waals surface area contributed by atoms with Gasteiger partial charge in [-0.2, -0.15) is 0 Å². The Hall–Kier alpha value is -1.65. The Morgan fingerprint density at radius 1 is 1.53 bits per heavy atom. The second kappa shape index (κ2) is 5.55. The minimum atomic E-state index is -0.371. The van der Waals surface area contributed by atoms with Crippen LogP contribution in [0.2, 0.25) is 0 Å². The first-order chi connectivity index (χ1) is 9.02. The van der Waals surface area contributed by atoms with Gasteiger partial charge in [0.2, 0.25) is 0 Å². The van der Waals surface area contributed by atoms with Crippen molar-refractivity contribution in [3.63, 3.8) is 0 Å². The van der Waals surface area contributed by atoms with Crippen LogP contribution < -0.4 is 4.90 Å². The molecule has 1 heterocycles. The highest BCUT2D eigenvalue weighted by atomic mass is 16.5.